The number of rotatable bonds is 4. The molecule has 1 aliphatic heterocycles. The molecular formula is C18H16BrN3O3. The summed E-state index contributed by atoms with van der Waals surface area (Å²) >= 11 is 3.40. The van der Waals surface area contributed by atoms with E-state index in [4.69, 9.17) is 4.74 Å². The van der Waals surface area contributed by atoms with E-state index in [1.54, 1.807) is 38.3 Å². The topological polar surface area (TPSA) is 71.0 Å². The molecular weight excluding hydrogens is 386 g/mol. The first-order valence-corrected chi connectivity index (χ1v) is 8.35. The second kappa shape index (κ2) is 6.68. The van der Waals surface area contributed by atoms with E-state index in [0.717, 1.165) is 15.0 Å². The fourth-order valence-electron chi connectivity index (χ4n) is 2.55. The monoisotopic (exact) mass is 401 g/mol. The van der Waals surface area contributed by atoms with Crippen LogP contribution in [0.25, 0.3) is 0 Å². The predicted octanol–water partition coefficient (Wildman–Crippen LogP) is 3.26. The summed E-state index contributed by atoms with van der Waals surface area (Å²) in [5.74, 6) is 0.235. The smallest absolute Gasteiger partial charge is 0.346 e. The molecule has 0 unspecified atom stereocenters. The fourth-order valence-corrected chi connectivity index (χ4v) is 2.94. The van der Waals surface area contributed by atoms with Crippen LogP contribution in [0, 0.1) is 0 Å². The molecule has 0 saturated carbocycles. The molecule has 3 amide bonds. The summed E-state index contributed by atoms with van der Waals surface area (Å²) in [6, 6.07) is 13.8. The van der Waals surface area contributed by atoms with Gasteiger partial charge in [0.05, 0.1) is 13.3 Å². The third-order valence-electron chi connectivity index (χ3n) is 4.05. The maximum atomic E-state index is 12.8. The first-order chi connectivity index (χ1) is 12.0. The zero-order chi connectivity index (χ0) is 18.0. The summed E-state index contributed by atoms with van der Waals surface area (Å²) in [5, 5.41) is 7.62. The van der Waals surface area contributed by atoms with Gasteiger partial charge in [0.2, 0.25) is 0 Å². The van der Waals surface area contributed by atoms with E-state index in [0.29, 0.717) is 11.3 Å². The lowest BCUT2D eigenvalue weighted by Crippen LogP contribution is -2.40. The highest BCUT2D eigenvalue weighted by molar-refractivity contribution is 9.10. The van der Waals surface area contributed by atoms with Crippen LogP contribution in [0.15, 0.2) is 58.1 Å². The lowest BCUT2D eigenvalue weighted by molar-refractivity contribution is -0.131. The van der Waals surface area contributed by atoms with E-state index in [1.165, 1.54) is 6.21 Å². The summed E-state index contributed by atoms with van der Waals surface area (Å²) in [6.45, 7) is 1.66. The molecule has 1 atom stereocenters. The molecule has 25 heavy (non-hydrogen) atoms. The Labute approximate surface area is 153 Å². The van der Waals surface area contributed by atoms with Gasteiger partial charge in [-0.05, 0) is 30.7 Å². The van der Waals surface area contributed by atoms with Crippen LogP contribution >= 0.6 is 15.9 Å². The highest BCUT2D eigenvalue weighted by Crippen LogP contribution is 2.30. The van der Waals surface area contributed by atoms with Gasteiger partial charge in [0, 0.05) is 10.0 Å². The van der Waals surface area contributed by atoms with E-state index in [-0.39, 0.29) is 0 Å². The predicted molar refractivity (Wildman–Crippen MR) is 97.5 cm³/mol. The molecule has 1 N–H and O–H groups in total. The SMILES string of the molecule is COc1ccc([C@@]2(C)NC(=O)N(N=Cc3ccccc3Br)C2=O)cc1. The van der Waals surface area contributed by atoms with Gasteiger partial charge < -0.3 is 10.1 Å². The van der Waals surface area contributed by atoms with Gasteiger partial charge in [-0.3, -0.25) is 4.79 Å². The van der Waals surface area contributed by atoms with Gasteiger partial charge in [0.15, 0.2) is 0 Å². The van der Waals surface area contributed by atoms with Gasteiger partial charge in [-0.1, -0.05) is 46.3 Å². The summed E-state index contributed by atoms with van der Waals surface area (Å²) < 4.78 is 5.94. The number of methoxy groups -OCH3 is 1. The Kier molecular flexibility index (Phi) is 4.59. The highest BCUT2D eigenvalue weighted by Gasteiger charge is 2.49. The minimum Gasteiger partial charge on any atom is -0.497 e. The number of imide groups is 1. The van der Waals surface area contributed by atoms with Crippen molar-refractivity contribution in [1.82, 2.24) is 10.3 Å². The van der Waals surface area contributed by atoms with Crippen LogP contribution in [0.2, 0.25) is 0 Å². The molecule has 7 heteroatoms. The molecule has 128 valence electrons. The van der Waals surface area contributed by atoms with Gasteiger partial charge in [-0.25, -0.2) is 4.79 Å². The van der Waals surface area contributed by atoms with Crippen molar-refractivity contribution in [2.45, 2.75) is 12.5 Å². The zero-order valence-corrected chi connectivity index (χ0v) is 15.3. The van der Waals surface area contributed by atoms with Gasteiger partial charge >= 0.3 is 6.03 Å². The normalized spacial score (nSPS) is 20.2. The van der Waals surface area contributed by atoms with Crippen molar-refractivity contribution in [3.05, 3.63) is 64.1 Å². The van der Waals surface area contributed by atoms with E-state index < -0.39 is 17.5 Å². The number of halogens is 1. The standard InChI is InChI=1S/C18H16BrN3O3/c1-18(13-7-9-14(25-2)10-8-13)16(23)22(17(24)21-18)20-11-12-5-3-4-6-15(12)19/h3-11H,1-2H3,(H,21,24)/t18-/m1/s1. The van der Waals surface area contributed by atoms with Crippen LogP contribution in [-0.2, 0) is 10.3 Å². The number of nitrogens with zero attached hydrogens (tertiary/aromatic N) is 2. The van der Waals surface area contributed by atoms with Gasteiger partial charge in [0.25, 0.3) is 5.91 Å². The van der Waals surface area contributed by atoms with Crippen molar-refractivity contribution in [3.63, 3.8) is 0 Å². The average Bonchev–Trinajstić information content (AvgIpc) is 2.84. The average molecular weight is 402 g/mol. The first kappa shape index (κ1) is 17.2. The van der Waals surface area contributed by atoms with Crippen LogP contribution < -0.4 is 10.1 Å². The number of urea groups is 1. The molecule has 1 aliphatic rings. The molecule has 2 aromatic rings. The molecule has 1 saturated heterocycles. The van der Waals surface area contributed by atoms with Crippen molar-refractivity contribution in [1.29, 1.82) is 0 Å². The van der Waals surface area contributed by atoms with E-state index in [1.807, 2.05) is 24.3 Å². The van der Waals surface area contributed by atoms with E-state index >= 15 is 0 Å². The largest absolute Gasteiger partial charge is 0.497 e. The number of benzene rings is 2. The molecule has 0 aliphatic carbocycles. The molecule has 0 bridgehead atoms. The van der Waals surface area contributed by atoms with Gasteiger partial charge in [-0.15, -0.1) is 5.01 Å². The Hall–Kier alpha value is -2.67. The number of hydrazone groups is 1. The summed E-state index contributed by atoms with van der Waals surface area (Å²) in [4.78, 5) is 25.0. The second-order valence-corrected chi connectivity index (χ2v) is 6.52. The number of carbonyl (C=O) groups excluding carboxylic acids is 2. The van der Waals surface area contributed by atoms with E-state index in [2.05, 4.69) is 26.3 Å². The Morgan fingerprint density at radius 1 is 1.16 bits per heavy atom. The van der Waals surface area contributed by atoms with Gasteiger partial charge in [0.1, 0.15) is 11.3 Å². The number of nitrogens with one attached hydrogen (secondary N) is 1. The minimum absolute atomic E-state index is 0.439. The number of carbonyl (C=O) groups is 2. The Balaban J connectivity index is 1.87. The van der Waals surface area contributed by atoms with Crippen LogP contribution in [-0.4, -0.2) is 30.3 Å². The third-order valence-corrected chi connectivity index (χ3v) is 4.78. The Bertz CT molecular complexity index is 851. The Morgan fingerprint density at radius 2 is 1.84 bits per heavy atom. The molecule has 2 aromatic carbocycles. The molecule has 3 rings (SSSR count). The van der Waals surface area contributed by atoms with Crippen LogP contribution in [0.3, 0.4) is 0 Å². The van der Waals surface area contributed by atoms with Crippen LogP contribution in [0.1, 0.15) is 18.1 Å². The van der Waals surface area contributed by atoms with Crippen LogP contribution in [0.4, 0.5) is 4.79 Å². The van der Waals surface area contributed by atoms with Gasteiger partial charge in [-0.2, -0.15) is 5.10 Å². The van der Waals surface area contributed by atoms with E-state index in [9.17, 15) is 9.59 Å². The molecule has 0 radical (unpaired) electrons. The fraction of sp³-hybridized carbons (Fsp3) is 0.167. The summed E-state index contributed by atoms with van der Waals surface area (Å²) in [5.41, 5.74) is 0.251. The van der Waals surface area contributed by atoms with Crippen molar-refractivity contribution in [3.8, 4) is 5.75 Å². The summed E-state index contributed by atoms with van der Waals surface area (Å²) in [7, 11) is 1.57. The molecule has 1 heterocycles. The number of ether oxygens (including phenoxy) is 1. The summed E-state index contributed by atoms with van der Waals surface area (Å²) in [6.07, 6.45) is 1.47. The van der Waals surface area contributed by atoms with Crippen molar-refractivity contribution < 1.29 is 14.3 Å². The van der Waals surface area contributed by atoms with Crippen LogP contribution in [0.5, 0.6) is 5.75 Å². The van der Waals surface area contributed by atoms with Crippen molar-refractivity contribution in [2.24, 2.45) is 5.10 Å². The highest BCUT2D eigenvalue weighted by atomic mass is 79.9. The number of hydrogen-bond donors (Lipinski definition) is 1. The maximum Gasteiger partial charge on any atom is 0.346 e. The Morgan fingerprint density at radius 3 is 2.48 bits per heavy atom. The van der Waals surface area contributed by atoms with Crippen molar-refractivity contribution in [2.75, 3.05) is 7.11 Å². The minimum atomic E-state index is -1.17. The molecule has 1 fully saturated rings. The third kappa shape index (κ3) is 3.15. The quantitative estimate of drug-likeness (QED) is 0.631. The number of hydrogen-bond acceptors (Lipinski definition) is 4. The lowest BCUT2D eigenvalue weighted by atomic mass is 9.92. The van der Waals surface area contributed by atoms with Crippen molar-refractivity contribution >= 4 is 34.1 Å². The zero-order valence-electron chi connectivity index (χ0n) is 13.7. The molecule has 0 spiro atoms. The second-order valence-electron chi connectivity index (χ2n) is 5.67. The maximum absolute atomic E-state index is 12.8. The lowest BCUT2D eigenvalue weighted by Gasteiger charge is -2.21. The number of amides is 3. The first-order valence-electron chi connectivity index (χ1n) is 7.55. The molecule has 6 nitrogen and oxygen atoms in total. The molecule has 0 aromatic heterocycles.